The molecule has 1 aliphatic rings. The Kier molecular flexibility index (Phi) is 12.1. The number of anilines is 1. The number of carbonyl (C=O) groups is 3. The number of carboxylic acids is 1. The van der Waals surface area contributed by atoms with Gasteiger partial charge in [0.1, 0.15) is 24.0 Å². The highest BCUT2D eigenvalue weighted by Gasteiger charge is 2.38. The normalized spacial score (nSPS) is 13.7. The number of aromatic nitrogens is 5. The Hall–Kier alpha value is -6.00. The van der Waals surface area contributed by atoms with Crippen LogP contribution in [0.4, 0.5) is 28.3 Å². The summed E-state index contributed by atoms with van der Waals surface area (Å²) >= 11 is 0. The molecule has 1 atom stereocenters. The lowest BCUT2D eigenvalue weighted by Gasteiger charge is -2.35. The minimum absolute atomic E-state index is 0.0856. The van der Waals surface area contributed by atoms with E-state index in [9.17, 15) is 32.7 Å². The quantitative estimate of drug-likeness (QED) is 0.108. The summed E-state index contributed by atoms with van der Waals surface area (Å²) < 4.78 is 65.1. The fraction of sp³-hybridized carbons (Fsp3) is 0.429. The predicted molar refractivity (Wildman–Crippen MR) is 212 cm³/mol. The summed E-state index contributed by atoms with van der Waals surface area (Å²) in [7, 11) is 0. The predicted octanol–water partition coefficient (Wildman–Crippen LogP) is 7.62. The largest absolute Gasteiger partial charge is 0.480 e. The Labute approximate surface area is 338 Å². The first-order chi connectivity index (χ1) is 27.8. The van der Waals surface area contributed by atoms with Crippen LogP contribution in [0.5, 0.6) is 0 Å². The number of rotatable bonds is 12. The number of ether oxygens (including phenoxy) is 1. The second kappa shape index (κ2) is 16.7. The van der Waals surface area contributed by atoms with E-state index in [0.29, 0.717) is 59.2 Å². The number of H-pyrrole nitrogens is 1. The molecule has 13 nitrogen and oxygen atoms in total. The lowest BCUT2D eigenvalue weighted by atomic mass is 9.95. The lowest BCUT2D eigenvalue weighted by molar-refractivity contribution is -0.139. The van der Waals surface area contributed by atoms with E-state index in [4.69, 9.17) is 9.84 Å². The SMILES string of the molecule is CCc1cccc(CC)c1-n1nc2c(c1-c1c(F)cc(CN(C(=O)OC(C)(C)C)[C@H](C(=O)NCC(=O)O)C(C)C)c3[nH]ccc13)CN(c1ncc(C(F)(F)F)cn1)CC2. The van der Waals surface area contributed by atoms with E-state index in [2.05, 4.69) is 20.3 Å². The van der Waals surface area contributed by atoms with E-state index >= 15 is 4.39 Å². The van der Waals surface area contributed by atoms with Crippen LogP contribution in [-0.2, 0) is 52.9 Å². The molecule has 5 aromatic rings. The monoisotopic (exact) mass is 820 g/mol. The summed E-state index contributed by atoms with van der Waals surface area (Å²) in [5.74, 6) is -3.07. The molecule has 3 N–H and O–H groups in total. The lowest BCUT2D eigenvalue weighted by Crippen LogP contribution is -2.53. The number of alkyl halides is 3. The molecule has 2 amide bonds. The summed E-state index contributed by atoms with van der Waals surface area (Å²) in [4.78, 5) is 53.0. The molecule has 0 aliphatic carbocycles. The molecule has 3 aromatic heterocycles. The molecular formula is C42H48F4N8O5. The zero-order valence-corrected chi connectivity index (χ0v) is 34.0. The van der Waals surface area contributed by atoms with E-state index in [1.54, 1.807) is 56.5 Å². The zero-order chi connectivity index (χ0) is 43.0. The van der Waals surface area contributed by atoms with Crippen LogP contribution in [0.2, 0.25) is 0 Å². The Bertz CT molecular complexity index is 2340. The van der Waals surface area contributed by atoms with Crippen molar-refractivity contribution in [2.24, 2.45) is 5.92 Å². The van der Waals surface area contributed by atoms with Gasteiger partial charge in [0.25, 0.3) is 0 Å². The number of halogens is 4. The van der Waals surface area contributed by atoms with Crippen LogP contribution in [0, 0.1) is 11.7 Å². The molecule has 0 saturated heterocycles. The number of hydrogen-bond donors (Lipinski definition) is 3. The number of para-hydroxylation sites is 1. The van der Waals surface area contributed by atoms with E-state index in [-0.39, 0.29) is 24.6 Å². The number of nitrogens with one attached hydrogen (secondary N) is 2. The number of fused-ring (bicyclic) bond motifs is 2. The molecule has 0 unspecified atom stereocenters. The van der Waals surface area contributed by atoms with Gasteiger partial charge in [-0.25, -0.2) is 23.8 Å². The van der Waals surface area contributed by atoms with Crippen LogP contribution >= 0.6 is 0 Å². The number of carbonyl (C=O) groups excluding carboxylic acids is 2. The zero-order valence-electron chi connectivity index (χ0n) is 34.0. The maximum Gasteiger partial charge on any atom is 0.419 e. The van der Waals surface area contributed by atoms with Gasteiger partial charge in [0.05, 0.1) is 34.7 Å². The van der Waals surface area contributed by atoms with Gasteiger partial charge in [-0.15, -0.1) is 0 Å². The van der Waals surface area contributed by atoms with Crippen molar-refractivity contribution in [1.29, 1.82) is 0 Å². The highest BCUT2D eigenvalue weighted by atomic mass is 19.4. The summed E-state index contributed by atoms with van der Waals surface area (Å²) in [6.45, 7) is 12.0. The van der Waals surface area contributed by atoms with Crippen molar-refractivity contribution >= 4 is 34.8 Å². The van der Waals surface area contributed by atoms with Crippen molar-refractivity contribution < 1.29 is 41.8 Å². The van der Waals surface area contributed by atoms with Crippen LogP contribution in [-0.4, -0.2) is 77.4 Å². The minimum Gasteiger partial charge on any atom is -0.480 e. The molecule has 59 heavy (non-hydrogen) atoms. The molecule has 0 bridgehead atoms. The summed E-state index contributed by atoms with van der Waals surface area (Å²) in [5.41, 5.74) is 3.57. The Morgan fingerprint density at radius 2 is 1.69 bits per heavy atom. The van der Waals surface area contributed by atoms with E-state index in [1.165, 1.54) is 11.0 Å². The third kappa shape index (κ3) is 8.88. The van der Waals surface area contributed by atoms with E-state index in [0.717, 1.165) is 29.2 Å². The molecule has 0 saturated carbocycles. The summed E-state index contributed by atoms with van der Waals surface area (Å²) in [6, 6.07) is 7.78. The van der Waals surface area contributed by atoms with Crippen molar-refractivity contribution in [2.75, 3.05) is 18.0 Å². The van der Waals surface area contributed by atoms with E-state index < -0.39 is 59.6 Å². The number of nitrogens with zero attached hydrogens (tertiary/aromatic N) is 6. The third-order valence-electron chi connectivity index (χ3n) is 10.2. The number of aliphatic carboxylic acids is 1. The smallest absolute Gasteiger partial charge is 0.419 e. The van der Waals surface area contributed by atoms with Gasteiger partial charge in [0.2, 0.25) is 11.9 Å². The first-order valence-electron chi connectivity index (χ1n) is 19.5. The van der Waals surface area contributed by atoms with Crippen LogP contribution in [0.25, 0.3) is 27.8 Å². The summed E-state index contributed by atoms with van der Waals surface area (Å²) in [5, 5.41) is 17.2. The van der Waals surface area contributed by atoms with Gasteiger partial charge in [-0.05, 0) is 68.4 Å². The summed E-state index contributed by atoms with van der Waals surface area (Å²) in [6.07, 6.45) is -0.660. The van der Waals surface area contributed by atoms with Crippen molar-refractivity contribution in [3.63, 3.8) is 0 Å². The van der Waals surface area contributed by atoms with Gasteiger partial charge < -0.3 is 25.0 Å². The standard InChI is InChI=1S/C42H48F4N8O5/c1-8-24-11-10-12-25(9-2)36(24)54-37(29-22-52(16-14-31(29)51-54)39-49-18-27(19-50-39)42(44,45)46)33-28-13-15-47-34(28)26(17-30(33)43)21-53(40(58)59-41(5,6)7)35(23(3)4)38(57)48-20-32(55)56/h10-13,15,17-19,23,35,47H,8-9,14,16,20-22H2,1-7H3,(H,48,57)(H,55,56)/t35-/m0/s1. The number of hydrogen-bond acceptors (Lipinski definition) is 8. The average molecular weight is 821 g/mol. The Balaban J connectivity index is 1.53. The number of benzene rings is 2. The molecule has 17 heteroatoms. The average Bonchev–Trinajstić information content (AvgIpc) is 3.81. The third-order valence-corrected chi connectivity index (χ3v) is 10.2. The fourth-order valence-electron chi connectivity index (χ4n) is 7.57. The van der Waals surface area contributed by atoms with Gasteiger partial charge in [0.15, 0.2) is 0 Å². The van der Waals surface area contributed by atoms with Crippen LogP contribution < -0.4 is 10.2 Å². The highest BCUT2D eigenvalue weighted by Crippen LogP contribution is 2.41. The van der Waals surface area contributed by atoms with Crippen molar-refractivity contribution in [3.05, 3.63) is 88.3 Å². The molecule has 0 spiro atoms. The Morgan fingerprint density at radius 1 is 1.03 bits per heavy atom. The number of amides is 2. The molecule has 2 aromatic carbocycles. The van der Waals surface area contributed by atoms with Crippen LogP contribution in [0.3, 0.4) is 0 Å². The molecule has 314 valence electrons. The molecule has 6 rings (SSSR count). The van der Waals surface area contributed by atoms with E-state index in [1.807, 2.05) is 32.0 Å². The molecular weight excluding hydrogens is 773 g/mol. The second-order valence-electron chi connectivity index (χ2n) is 15.8. The first-order valence-corrected chi connectivity index (χ1v) is 19.5. The van der Waals surface area contributed by atoms with Gasteiger partial charge in [0, 0.05) is 54.6 Å². The van der Waals surface area contributed by atoms with Gasteiger partial charge in [-0.3, -0.25) is 14.5 Å². The molecule has 4 heterocycles. The van der Waals surface area contributed by atoms with Crippen molar-refractivity contribution in [2.45, 2.75) is 98.6 Å². The maximum atomic E-state index is 17.4. The minimum atomic E-state index is -4.61. The Morgan fingerprint density at radius 3 is 2.27 bits per heavy atom. The van der Waals surface area contributed by atoms with Crippen LogP contribution in [0.1, 0.15) is 82.0 Å². The molecule has 0 radical (unpaired) electrons. The maximum absolute atomic E-state index is 17.4. The van der Waals surface area contributed by atoms with Gasteiger partial charge >= 0.3 is 18.2 Å². The van der Waals surface area contributed by atoms with Gasteiger partial charge in [-0.2, -0.15) is 18.3 Å². The number of carboxylic acid groups (broad SMARTS) is 1. The number of aromatic amines is 1. The van der Waals surface area contributed by atoms with Crippen molar-refractivity contribution in [3.8, 4) is 16.9 Å². The van der Waals surface area contributed by atoms with Crippen LogP contribution in [0.15, 0.2) is 48.9 Å². The second-order valence-corrected chi connectivity index (χ2v) is 15.8. The fourth-order valence-corrected chi connectivity index (χ4v) is 7.57. The highest BCUT2D eigenvalue weighted by molar-refractivity contribution is 5.98. The molecule has 0 fully saturated rings. The van der Waals surface area contributed by atoms with Gasteiger partial charge in [-0.1, -0.05) is 45.9 Å². The van der Waals surface area contributed by atoms with Crippen molar-refractivity contribution in [1.82, 2.24) is 34.9 Å². The number of aryl methyl sites for hydroxylation is 2. The first kappa shape index (κ1) is 42.6. The molecule has 1 aliphatic heterocycles. The topological polar surface area (TPSA) is 159 Å².